The van der Waals surface area contributed by atoms with E-state index >= 15 is 4.39 Å². The van der Waals surface area contributed by atoms with Crippen LogP contribution in [0.4, 0.5) is 10.1 Å². The lowest BCUT2D eigenvalue weighted by Crippen LogP contribution is -2.33. The number of fused-ring (bicyclic) bond motifs is 2. The Hall–Kier alpha value is -5.32. The van der Waals surface area contributed by atoms with Crippen LogP contribution in [0.3, 0.4) is 0 Å². The number of carbonyl (C=O) groups excluding carboxylic acids is 1. The van der Waals surface area contributed by atoms with Crippen LogP contribution in [-0.4, -0.2) is 40.1 Å². The van der Waals surface area contributed by atoms with Crippen LogP contribution in [0.15, 0.2) is 77.7 Å². The van der Waals surface area contributed by atoms with E-state index in [-0.39, 0.29) is 22.9 Å². The summed E-state index contributed by atoms with van der Waals surface area (Å²) in [4.78, 5) is 31.2. The minimum absolute atomic E-state index is 0.0726. The third kappa shape index (κ3) is 4.68. The molecule has 0 radical (unpaired) electrons. The third-order valence-corrected chi connectivity index (χ3v) is 6.84. The first-order valence-electron chi connectivity index (χ1n) is 13.1. The number of rotatable bonds is 7. The maximum atomic E-state index is 15.2. The number of methoxy groups -OCH3 is 2. The highest BCUT2D eigenvalue weighted by molar-refractivity contribution is 6.06. The number of nitrogens with one attached hydrogen (secondary N) is 1. The van der Waals surface area contributed by atoms with Gasteiger partial charge in [0.25, 0.3) is 11.5 Å². The molecule has 0 spiro atoms. The number of halogens is 1. The van der Waals surface area contributed by atoms with Gasteiger partial charge in [-0.25, -0.2) is 13.8 Å². The third-order valence-electron chi connectivity index (χ3n) is 6.84. The molecule has 0 unspecified atom stereocenters. The van der Waals surface area contributed by atoms with Crippen molar-refractivity contribution < 1.29 is 28.1 Å². The molecule has 1 amide bonds. The molecule has 0 atom stereocenters. The summed E-state index contributed by atoms with van der Waals surface area (Å²) in [6.07, 6.45) is 1.54. The van der Waals surface area contributed by atoms with E-state index in [1.165, 1.54) is 37.2 Å². The number of benzene rings is 3. The van der Waals surface area contributed by atoms with Crippen molar-refractivity contribution in [2.24, 2.45) is 0 Å². The summed E-state index contributed by atoms with van der Waals surface area (Å²) in [5.41, 5.74) is -0.0402. The van der Waals surface area contributed by atoms with E-state index in [1.54, 1.807) is 47.1 Å². The van der Waals surface area contributed by atoms with Gasteiger partial charge in [-0.2, -0.15) is 0 Å². The minimum atomic E-state index is -0.723. The SMILES string of the molecule is COc1cc2nccc(Oc3ccc(NC(=O)c4c5n(n(-c6ccccc6)c4=O)CC(C)(C)O5)cc3F)c2cc1OC. The van der Waals surface area contributed by atoms with Gasteiger partial charge >= 0.3 is 0 Å². The molecule has 1 aliphatic rings. The summed E-state index contributed by atoms with van der Waals surface area (Å²) < 4.78 is 40.9. The molecular weight excluding hydrogens is 543 g/mol. The first-order chi connectivity index (χ1) is 20.2. The number of carbonyl (C=O) groups is 1. The maximum Gasteiger partial charge on any atom is 0.288 e. The molecule has 5 aromatic rings. The molecular formula is C31H27FN4O6. The molecule has 0 saturated carbocycles. The number of hydrogen-bond acceptors (Lipinski definition) is 7. The van der Waals surface area contributed by atoms with Gasteiger partial charge in [-0.15, -0.1) is 0 Å². The topological polar surface area (TPSA) is 106 Å². The number of pyridine rings is 1. The van der Waals surface area contributed by atoms with E-state index in [4.69, 9.17) is 18.9 Å². The fourth-order valence-electron chi connectivity index (χ4n) is 4.96. The molecule has 2 aromatic heterocycles. The predicted octanol–water partition coefficient (Wildman–Crippen LogP) is 5.56. The summed E-state index contributed by atoms with van der Waals surface area (Å²) in [5, 5.41) is 3.22. The number of amides is 1. The van der Waals surface area contributed by atoms with Crippen LogP contribution in [0.1, 0.15) is 24.2 Å². The Kier molecular flexibility index (Phi) is 6.56. The average molecular weight is 571 g/mol. The largest absolute Gasteiger partial charge is 0.493 e. The second-order valence-electron chi connectivity index (χ2n) is 10.3. The van der Waals surface area contributed by atoms with Crippen molar-refractivity contribution in [2.75, 3.05) is 19.5 Å². The van der Waals surface area contributed by atoms with Gasteiger partial charge in [-0.3, -0.25) is 14.6 Å². The standard InChI is InChI=1S/C31H27FN4O6/c1-31(2)17-35-30(42-31)27(29(38)36(35)19-8-6-5-7-9-19)28(37)34-18-10-11-24(21(32)14-18)41-23-12-13-33-22-16-26(40-4)25(39-3)15-20(22)23/h5-16H,17H2,1-4H3,(H,34,37). The van der Waals surface area contributed by atoms with Crippen molar-refractivity contribution in [1.82, 2.24) is 14.3 Å². The van der Waals surface area contributed by atoms with Crippen LogP contribution >= 0.6 is 0 Å². The molecule has 0 fully saturated rings. The van der Waals surface area contributed by atoms with E-state index in [0.29, 0.717) is 40.4 Å². The van der Waals surface area contributed by atoms with Crippen LogP contribution in [0.2, 0.25) is 0 Å². The van der Waals surface area contributed by atoms with E-state index in [1.807, 2.05) is 19.9 Å². The lowest BCUT2D eigenvalue weighted by Gasteiger charge is -2.17. The zero-order valence-electron chi connectivity index (χ0n) is 23.3. The van der Waals surface area contributed by atoms with Crippen molar-refractivity contribution in [3.63, 3.8) is 0 Å². The summed E-state index contributed by atoms with van der Waals surface area (Å²) >= 11 is 0. The van der Waals surface area contributed by atoms with E-state index < -0.39 is 22.9 Å². The first-order valence-corrected chi connectivity index (χ1v) is 13.1. The van der Waals surface area contributed by atoms with Crippen molar-refractivity contribution in [3.8, 4) is 34.6 Å². The lowest BCUT2D eigenvalue weighted by atomic mass is 10.1. The number of nitrogens with zero attached hydrogens (tertiary/aromatic N) is 3. The highest BCUT2D eigenvalue weighted by Crippen LogP contribution is 2.38. The fraction of sp³-hybridized carbons (Fsp3) is 0.194. The second kappa shape index (κ2) is 10.3. The van der Waals surface area contributed by atoms with Crippen molar-refractivity contribution in [1.29, 1.82) is 0 Å². The quantitative estimate of drug-likeness (QED) is 0.273. The number of anilines is 1. The molecule has 1 aliphatic heterocycles. The number of hydrogen-bond donors (Lipinski definition) is 1. The summed E-state index contributed by atoms with van der Waals surface area (Å²) in [6.45, 7) is 4.10. The van der Waals surface area contributed by atoms with Crippen molar-refractivity contribution in [2.45, 2.75) is 26.0 Å². The summed E-state index contributed by atoms with van der Waals surface area (Å²) in [7, 11) is 3.04. The predicted molar refractivity (Wildman–Crippen MR) is 154 cm³/mol. The molecule has 1 N–H and O–H groups in total. The molecule has 10 nitrogen and oxygen atoms in total. The molecule has 0 aliphatic carbocycles. The maximum absolute atomic E-state index is 15.2. The van der Waals surface area contributed by atoms with Gasteiger partial charge in [0.2, 0.25) is 5.88 Å². The molecule has 42 heavy (non-hydrogen) atoms. The van der Waals surface area contributed by atoms with Gasteiger partial charge in [-0.05, 0) is 50.2 Å². The van der Waals surface area contributed by atoms with Gasteiger partial charge in [0, 0.05) is 29.4 Å². The van der Waals surface area contributed by atoms with Crippen LogP contribution < -0.4 is 29.8 Å². The Balaban J connectivity index is 1.29. The first kappa shape index (κ1) is 26.9. The highest BCUT2D eigenvalue weighted by Gasteiger charge is 2.39. The Morgan fingerprint density at radius 2 is 1.71 bits per heavy atom. The number of para-hydroxylation sites is 1. The van der Waals surface area contributed by atoms with Crippen molar-refractivity contribution in [3.05, 3.63) is 94.7 Å². The summed E-state index contributed by atoms with van der Waals surface area (Å²) in [6, 6.07) is 18.0. The highest BCUT2D eigenvalue weighted by atomic mass is 19.1. The van der Waals surface area contributed by atoms with Gasteiger partial charge < -0.3 is 24.3 Å². The monoisotopic (exact) mass is 570 g/mol. The van der Waals surface area contributed by atoms with Gasteiger partial charge in [-0.1, -0.05) is 18.2 Å². The Morgan fingerprint density at radius 1 is 0.976 bits per heavy atom. The molecule has 0 bridgehead atoms. The Bertz CT molecular complexity index is 1900. The van der Waals surface area contributed by atoms with Crippen LogP contribution in [0.5, 0.6) is 28.9 Å². The van der Waals surface area contributed by atoms with E-state index in [2.05, 4.69) is 10.3 Å². The van der Waals surface area contributed by atoms with E-state index in [0.717, 1.165) is 6.07 Å². The number of ether oxygens (including phenoxy) is 4. The molecule has 3 heterocycles. The zero-order valence-corrected chi connectivity index (χ0v) is 23.3. The van der Waals surface area contributed by atoms with Crippen LogP contribution in [0.25, 0.3) is 16.6 Å². The van der Waals surface area contributed by atoms with Crippen LogP contribution in [0, 0.1) is 5.82 Å². The van der Waals surface area contributed by atoms with Crippen molar-refractivity contribution >= 4 is 22.5 Å². The smallest absolute Gasteiger partial charge is 0.288 e. The molecule has 0 saturated heterocycles. The Labute approximate surface area is 239 Å². The van der Waals surface area contributed by atoms with E-state index in [9.17, 15) is 9.59 Å². The van der Waals surface area contributed by atoms with Crippen LogP contribution in [-0.2, 0) is 6.54 Å². The second-order valence-corrected chi connectivity index (χ2v) is 10.3. The van der Waals surface area contributed by atoms with Gasteiger partial charge in [0.1, 0.15) is 11.4 Å². The number of aromatic nitrogens is 3. The molecule has 3 aromatic carbocycles. The average Bonchev–Trinajstić information content (AvgIpc) is 3.41. The zero-order chi connectivity index (χ0) is 29.6. The Morgan fingerprint density at radius 3 is 2.43 bits per heavy atom. The normalized spacial score (nSPS) is 13.4. The molecule has 6 rings (SSSR count). The molecule has 11 heteroatoms. The van der Waals surface area contributed by atoms with Gasteiger partial charge in [0.05, 0.1) is 32.0 Å². The minimum Gasteiger partial charge on any atom is -0.493 e. The fourth-order valence-corrected chi connectivity index (χ4v) is 4.96. The lowest BCUT2D eigenvalue weighted by molar-refractivity contribution is 0.100. The van der Waals surface area contributed by atoms with Gasteiger partial charge in [0.15, 0.2) is 28.6 Å². The summed E-state index contributed by atoms with van der Waals surface area (Å²) in [5.74, 6) is -0.0384. The molecule has 214 valence electrons.